The standard InChI is InChI=1S/C22H23N3O4/c1-14-6-8-15(9-7-14)13-23-19-11-10-16(12-20(19)25(28)29)24-21(26)17-4-2-3-5-18(17)22(24)27/h6-12,17-18,23H,2-5,13H2,1H3/t17-,18-/m1/s1. The van der Waals surface area contributed by atoms with Gasteiger partial charge in [-0.15, -0.1) is 0 Å². The van der Waals surface area contributed by atoms with Crippen LogP contribution in [0.5, 0.6) is 0 Å². The first-order chi connectivity index (χ1) is 14.0. The van der Waals surface area contributed by atoms with Gasteiger partial charge in [-0.25, -0.2) is 4.90 Å². The molecule has 7 heteroatoms. The molecule has 2 fully saturated rings. The van der Waals surface area contributed by atoms with Crippen molar-refractivity contribution >= 4 is 28.9 Å². The quantitative estimate of drug-likeness (QED) is 0.467. The van der Waals surface area contributed by atoms with Gasteiger partial charge in [0.25, 0.3) is 5.69 Å². The molecule has 2 aliphatic rings. The number of anilines is 2. The molecule has 0 aromatic heterocycles. The van der Waals surface area contributed by atoms with Crippen LogP contribution in [-0.2, 0) is 16.1 Å². The molecule has 1 aliphatic carbocycles. The zero-order chi connectivity index (χ0) is 20.5. The summed E-state index contributed by atoms with van der Waals surface area (Å²) in [5.41, 5.74) is 2.63. The van der Waals surface area contributed by atoms with Gasteiger partial charge in [0.05, 0.1) is 22.4 Å². The number of nitrogens with zero attached hydrogens (tertiary/aromatic N) is 2. The fourth-order valence-corrected chi connectivity index (χ4v) is 4.28. The number of rotatable bonds is 5. The third kappa shape index (κ3) is 3.60. The van der Waals surface area contributed by atoms with Crippen molar-refractivity contribution in [2.24, 2.45) is 11.8 Å². The van der Waals surface area contributed by atoms with Crippen LogP contribution in [0.2, 0.25) is 0 Å². The summed E-state index contributed by atoms with van der Waals surface area (Å²) in [5.74, 6) is -1.02. The van der Waals surface area contributed by atoms with Crippen molar-refractivity contribution in [1.29, 1.82) is 0 Å². The summed E-state index contributed by atoms with van der Waals surface area (Å²) in [5, 5.41) is 14.7. The monoisotopic (exact) mass is 393 g/mol. The lowest BCUT2D eigenvalue weighted by atomic mass is 9.81. The molecule has 1 heterocycles. The topological polar surface area (TPSA) is 92.6 Å². The molecule has 1 saturated heterocycles. The van der Waals surface area contributed by atoms with Crippen LogP contribution in [0.3, 0.4) is 0 Å². The van der Waals surface area contributed by atoms with Crippen molar-refractivity contribution in [3.05, 3.63) is 63.7 Å². The van der Waals surface area contributed by atoms with Crippen molar-refractivity contribution in [3.63, 3.8) is 0 Å². The second kappa shape index (κ2) is 7.66. The van der Waals surface area contributed by atoms with Crippen LogP contribution in [0.15, 0.2) is 42.5 Å². The highest BCUT2D eigenvalue weighted by Crippen LogP contribution is 2.41. The van der Waals surface area contributed by atoms with Gasteiger partial charge in [-0.2, -0.15) is 0 Å². The molecule has 2 amide bonds. The summed E-state index contributed by atoms with van der Waals surface area (Å²) >= 11 is 0. The molecule has 1 aliphatic heterocycles. The van der Waals surface area contributed by atoms with Gasteiger partial charge in [0, 0.05) is 12.6 Å². The Bertz CT molecular complexity index is 947. The van der Waals surface area contributed by atoms with E-state index >= 15 is 0 Å². The molecular weight excluding hydrogens is 370 g/mol. The van der Waals surface area contributed by atoms with Gasteiger partial charge in [0.15, 0.2) is 0 Å². The van der Waals surface area contributed by atoms with Crippen molar-refractivity contribution < 1.29 is 14.5 Å². The van der Waals surface area contributed by atoms with Crippen molar-refractivity contribution in [2.75, 3.05) is 10.2 Å². The molecule has 0 spiro atoms. The van der Waals surface area contributed by atoms with Crippen LogP contribution in [0.4, 0.5) is 17.1 Å². The number of hydrogen-bond donors (Lipinski definition) is 1. The van der Waals surface area contributed by atoms with E-state index in [1.807, 2.05) is 31.2 Å². The van der Waals surface area contributed by atoms with Gasteiger partial charge in [0.2, 0.25) is 11.8 Å². The van der Waals surface area contributed by atoms with Gasteiger partial charge < -0.3 is 5.32 Å². The molecule has 29 heavy (non-hydrogen) atoms. The largest absolute Gasteiger partial charge is 0.375 e. The first-order valence-corrected chi connectivity index (χ1v) is 9.91. The molecule has 2 aromatic carbocycles. The molecule has 2 atom stereocenters. The first kappa shape index (κ1) is 19.1. The van der Waals surface area contributed by atoms with E-state index < -0.39 is 4.92 Å². The molecule has 150 valence electrons. The summed E-state index contributed by atoms with van der Waals surface area (Å²) in [4.78, 5) is 37.8. The fourth-order valence-electron chi connectivity index (χ4n) is 4.28. The molecule has 7 nitrogen and oxygen atoms in total. The van der Waals surface area contributed by atoms with Crippen LogP contribution < -0.4 is 10.2 Å². The summed E-state index contributed by atoms with van der Waals surface area (Å²) < 4.78 is 0. The van der Waals surface area contributed by atoms with E-state index in [1.165, 1.54) is 6.07 Å². The lowest BCUT2D eigenvalue weighted by molar-refractivity contribution is -0.383. The molecule has 2 aromatic rings. The number of carbonyl (C=O) groups is 2. The minimum atomic E-state index is -0.487. The van der Waals surface area contributed by atoms with Crippen LogP contribution in [0.25, 0.3) is 0 Å². The minimum Gasteiger partial charge on any atom is -0.375 e. The van der Waals surface area contributed by atoms with E-state index in [2.05, 4.69) is 5.32 Å². The first-order valence-electron chi connectivity index (χ1n) is 9.91. The number of fused-ring (bicyclic) bond motifs is 1. The van der Waals surface area contributed by atoms with Gasteiger partial charge in [-0.3, -0.25) is 19.7 Å². The van der Waals surface area contributed by atoms with Gasteiger partial charge in [0.1, 0.15) is 5.69 Å². The number of hydrogen-bond acceptors (Lipinski definition) is 5. The number of aryl methyl sites for hydroxylation is 1. The van der Waals surface area contributed by atoms with Gasteiger partial charge in [-0.1, -0.05) is 42.7 Å². The Labute approximate surface area is 168 Å². The Hall–Kier alpha value is -3.22. The second-order valence-electron chi connectivity index (χ2n) is 7.81. The lowest BCUT2D eigenvalue weighted by Gasteiger charge is -2.19. The number of nitrogens with one attached hydrogen (secondary N) is 1. The smallest absolute Gasteiger partial charge is 0.294 e. The third-order valence-electron chi connectivity index (χ3n) is 5.88. The number of imide groups is 1. The summed E-state index contributed by atoms with van der Waals surface area (Å²) in [6.45, 7) is 2.43. The molecular formula is C22H23N3O4. The van der Waals surface area contributed by atoms with Crippen molar-refractivity contribution in [1.82, 2.24) is 0 Å². The summed E-state index contributed by atoms with van der Waals surface area (Å²) in [7, 11) is 0. The maximum absolute atomic E-state index is 12.8. The second-order valence-corrected chi connectivity index (χ2v) is 7.81. The van der Waals surface area contributed by atoms with Crippen molar-refractivity contribution in [2.45, 2.75) is 39.2 Å². The Balaban J connectivity index is 1.59. The molecule has 0 radical (unpaired) electrons. The number of carbonyl (C=O) groups excluding carboxylic acids is 2. The molecule has 1 N–H and O–H groups in total. The zero-order valence-electron chi connectivity index (χ0n) is 16.3. The Morgan fingerprint density at radius 1 is 1.03 bits per heavy atom. The van der Waals surface area contributed by atoms with Crippen LogP contribution in [0.1, 0.15) is 36.8 Å². The molecule has 0 unspecified atom stereocenters. The third-order valence-corrected chi connectivity index (χ3v) is 5.88. The Kier molecular flexibility index (Phi) is 5.05. The number of nitro benzene ring substituents is 1. The highest BCUT2D eigenvalue weighted by molar-refractivity contribution is 6.22. The maximum Gasteiger partial charge on any atom is 0.294 e. The average molecular weight is 393 g/mol. The van der Waals surface area contributed by atoms with Gasteiger partial charge >= 0.3 is 0 Å². The molecule has 4 rings (SSSR count). The highest BCUT2D eigenvalue weighted by atomic mass is 16.6. The predicted molar refractivity (Wildman–Crippen MR) is 110 cm³/mol. The van der Waals surface area contributed by atoms with Crippen LogP contribution in [-0.4, -0.2) is 16.7 Å². The average Bonchev–Trinajstić information content (AvgIpc) is 2.98. The van der Waals surface area contributed by atoms with Gasteiger partial charge in [-0.05, 0) is 37.5 Å². The summed E-state index contributed by atoms with van der Waals surface area (Å²) in [6.07, 6.45) is 3.31. The minimum absolute atomic E-state index is 0.148. The number of amides is 2. The molecule has 0 bridgehead atoms. The number of nitro groups is 1. The van der Waals surface area contributed by atoms with E-state index in [-0.39, 0.29) is 35.0 Å². The summed E-state index contributed by atoms with van der Waals surface area (Å²) in [6, 6.07) is 12.4. The zero-order valence-corrected chi connectivity index (χ0v) is 16.3. The van der Waals surface area contributed by atoms with Crippen molar-refractivity contribution in [3.8, 4) is 0 Å². The Morgan fingerprint density at radius 2 is 1.66 bits per heavy atom. The van der Waals surface area contributed by atoms with Crippen LogP contribution in [0, 0.1) is 28.9 Å². The Morgan fingerprint density at radius 3 is 2.24 bits per heavy atom. The van der Waals surface area contributed by atoms with E-state index in [1.54, 1.807) is 12.1 Å². The van der Waals surface area contributed by atoms with E-state index in [0.29, 0.717) is 25.1 Å². The highest BCUT2D eigenvalue weighted by Gasteiger charge is 2.49. The van der Waals surface area contributed by atoms with Crippen LogP contribution >= 0.6 is 0 Å². The lowest BCUT2D eigenvalue weighted by Crippen LogP contribution is -2.30. The number of benzene rings is 2. The normalized spacial score (nSPS) is 21.2. The SMILES string of the molecule is Cc1ccc(CNc2ccc(N3C(=O)[C@@H]4CCCC[C@H]4C3=O)cc2[N+](=O)[O-])cc1. The van der Waals surface area contributed by atoms with E-state index in [4.69, 9.17) is 0 Å². The van der Waals surface area contributed by atoms with E-state index in [0.717, 1.165) is 28.9 Å². The molecule has 1 saturated carbocycles. The predicted octanol–water partition coefficient (Wildman–Crippen LogP) is 4.19. The maximum atomic E-state index is 12.8. The fraction of sp³-hybridized carbons (Fsp3) is 0.364. The van der Waals surface area contributed by atoms with E-state index in [9.17, 15) is 19.7 Å².